The minimum atomic E-state index is -5.01. The second-order valence-corrected chi connectivity index (χ2v) is 11.2. The summed E-state index contributed by atoms with van der Waals surface area (Å²) in [6, 6.07) is 14.7. The third kappa shape index (κ3) is 7.16. The van der Waals surface area contributed by atoms with Crippen LogP contribution in [0.25, 0.3) is 0 Å². The molecule has 2 aliphatic heterocycles. The lowest BCUT2D eigenvalue weighted by atomic mass is 9.62. The van der Waals surface area contributed by atoms with Gasteiger partial charge in [-0.15, -0.1) is 0 Å². The number of ether oxygens (including phenoxy) is 4. The molecule has 0 aliphatic carbocycles. The number of likely N-dealkylation sites (tertiary alicyclic amines) is 1. The molecule has 2 aromatic carbocycles. The number of benzene rings is 2. The van der Waals surface area contributed by atoms with E-state index in [1.807, 2.05) is 24.3 Å². The number of carbonyl (C=O) groups excluding carboxylic acids is 2. The zero-order valence-corrected chi connectivity index (χ0v) is 24.8. The van der Waals surface area contributed by atoms with Crippen LogP contribution in [0.15, 0.2) is 54.6 Å². The molecule has 2 atom stereocenters. The number of rotatable bonds is 13. The van der Waals surface area contributed by atoms with Crippen molar-refractivity contribution in [1.29, 1.82) is 0 Å². The van der Waals surface area contributed by atoms with Gasteiger partial charge in [-0.25, -0.2) is 0 Å². The molecular weight excluding hydrogens is 565 g/mol. The van der Waals surface area contributed by atoms with Crippen molar-refractivity contribution in [3.63, 3.8) is 0 Å². The lowest BCUT2D eigenvalue weighted by Crippen LogP contribution is -2.60. The number of alkyl halides is 3. The van der Waals surface area contributed by atoms with Gasteiger partial charge in [0.1, 0.15) is 5.75 Å². The second kappa shape index (κ2) is 14.5. The third-order valence-electron chi connectivity index (χ3n) is 8.54. The van der Waals surface area contributed by atoms with E-state index in [0.29, 0.717) is 44.8 Å². The zero-order valence-electron chi connectivity index (χ0n) is 24.8. The fraction of sp³-hybridized carbons (Fsp3) is 0.562. The smallest absolute Gasteiger partial charge is 0.430 e. The van der Waals surface area contributed by atoms with Crippen molar-refractivity contribution in [1.82, 2.24) is 10.2 Å². The number of nitrogens with one attached hydrogen (secondary N) is 1. The third-order valence-corrected chi connectivity index (χ3v) is 8.54. The van der Waals surface area contributed by atoms with Gasteiger partial charge in [0.2, 0.25) is 5.91 Å². The topological polar surface area (TPSA) is 86.3 Å². The summed E-state index contributed by atoms with van der Waals surface area (Å²) in [6.45, 7) is 1.41. The van der Waals surface area contributed by atoms with Crippen molar-refractivity contribution in [3.8, 4) is 5.75 Å². The molecule has 2 amide bonds. The van der Waals surface area contributed by atoms with Crippen LogP contribution in [0.3, 0.4) is 0 Å². The van der Waals surface area contributed by atoms with E-state index in [-0.39, 0.29) is 56.5 Å². The Bertz CT molecular complexity index is 1200. The Labute approximate surface area is 250 Å². The molecule has 1 N–H and O–H groups in total. The van der Waals surface area contributed by atoms with Crippen LogP contribution < -0.4 is 10.1 Å². The van der Waals surface area contributed by atoms with Crippen LogP contribution in [-0.4, -0.2) is 83.2 Å². The highest BCUT2D eigenvalue weighted by atomic mass is 19.4. The molecule has 236 valence electrons. The number of nitrogens with zero attached hydrogens (tertiary/aromatic N) is 1. The maximum absolute atomic E-state index is 15.0. The molecule has 8 nitrogen and oxygen atoms in total. The van der Waals surface area contributed by atoms with E-state index in [2.05, 4.69) is 5.32 Å². The second-order valence-electron chi connectivity index (χ2n) is 11.2. The largest absolute Gasteiger partial charge is 0.493 e. The number of piperidine rings is 2. The molecule has 2 aromatic rings. The number of hydrogen-bond donors (Lipinski definition) is 1. The van der Waals surface area contributed by atoms with Crippen LogP contribution in [-0.2, 0) is 29.4 Å². The Morgan fingerprint density at radius 3 is 2.21 bits per heavy atom. The van der Waals surface area contributed by atoms with Crippen LogP contribution in [0.1, 0.15) is 49.1 Å². The highest BCUT2D eigenvalue weighted by molar-refractivity contribution is 5.88. The molecule has 1 spiro atoms. The average Bonchev–Trinajstić information content (AvgIpc) is 3.00. The van der Waals surface area contributed by atoms with E-state index >= 15 is 0 Å². The van der Waals surface area contributed by atoms with Crippen LogP contribution in [0.4, 0.5) is 13.2 Å². The van der Waals surface area contributed by atoms with E-state index in [0.717, 1.165) is 5.56 Å². The van der Waals surface area contributed by atoms with Crippen molar-refractivity contribution in [3.05, 3.63) is 65.7 Å². The summed E-state index contributed by atoms with van der Waals surface area (Å²) in [4.78, 5) is 27.9. The lowest BCUT2D eigenvalue weighted by molar-refractivity contribution is -0.279. The van der Waals surface area contributed by atoms with Crippen LogP contribution in [0.2, 0.25) is 0 Å². The summed E-state index contributed by atoms with van der Waals surface area (Å²) in [5.74, 6) is -0.669. The fourth-order valence-corrected chi connectivity index (χ4v) is 6.30. The quantitative estimate of drug-likeness (QED) is 0.329. The Kier molecular flexibility index (Phi) is 11.1. The summed E-state index contributed by atoms with van der Waals surface area (Å²) in [5, 5.41) is 2.96. The maximum Gasteiger partial charge on any atom is 0.430 e. The van der Waals surface area contributed by atoms with E-state index in [4.69, 9.17) is 18.9 Å². The number of methoxy groups -OCH3 is 2. The van der Waals surface area contributed by atoms with Gasteiger partial charge < -0.3 is 29.2 Å². The normalized spacial score (nSPS) is 20.0. The molecule has 0 bridgehead atoms. The van der Waals surface area contributed by atoms with Crippen LogP contribution >= 0.6 is 0 Å². The predicted octanol–water partition coefficient (Wildman–Crippen LogP) is 4.83. The lowest BCUT2D eigenvalue weighted by Gasteiger charge is -2.50. The molecule has 43 heavy (non-hydrogen) atoms. The highest BCUT2D eigenvalue weighted by Crippen LogP contribution is 2.52. The molecule has 0 aromatic heterocycles. The summed E-state index contributed by atoms with van der Waals surface area (Å²) in [7, 11) is 3.08. The number of hydrogen-bond acceptors (Lipinski definition) is 6. The first-order valence-electron chi connectivity index (χ1n) is 14.7. The summed E-state index contributed by atoms with van der Waals surface area (Å²) in [6.07, 6.45) is -3.16. The minimum absolute atomic E-state index is 0.0611. The first-order chi connectivity index (χ1) is 20.7. The van der Waals surface area contributed by atoms with Gasteiger partial charge in [0.25, 0.3) is 11.5 Å². The Balaban J connectivity index is 1.60. The van der Waals surface area contributed by atoms with Crippen LogP contribution in [0, 0.1) is 5.41 Å². The van der Waals surface area contributed by atoms with Crippen molar-refractivity contribution in [2.24, 2.45) is 5.41 Å². The van der Waals surface area contributed by atoms with Gasteiger partial charge in [0.05, 0.1) is 13.2 Å². The molecule has 2 fully saturated rings. The number of para-hydroxylation sites is 1. The summed E-state index contributed by atoms with van der Waals surface area (Å²) < 4.78 is 66.6. The molecule has 0 saturated carbocycles. The monoisotopic (exact) mass is 606 g/mol. The van der Waals surface area contributed by atoms with Crippen molar-refractivity contribution in [2.75, 3.05) is 60.3 Å². The van der Waals surface area contributed by atoms with Gasteiger partial charge in [-0.2, -0.15) is 13.2 Å². The van der Waals surface area contributed by atoms with Gasteiger partial charge in [-0.1, -0.05) is 48.5 Å². The molecule has 4 rings (SSSR count). The summed E-state index contributed by atoms with van der Waals surface area (Å²) in [5.41, 5.74) is -3.02. The molecule has 0 radical (unpaired) electrons. The Hall–Kier alpha value is -3.15. The van der Waals surface area contributed by atoms with E-state index < -0.39 is 23.1 Å². The highest BCUT2D eigenvalue weighted by Gasteiger charge is 2.64. The fourth-order valence-electron chi connectivity index (χ4n) is 6.30. The first kappa shape index (κ1) is 32.8. The zero-order chi connectivity index (χ0) is 30.9. The van der Waals surface area contributed by atoms with Gasteiger partial charge in [0.15, 0.2) is 0 Å². The molecular formula is C32H41F3N2O6. The molecule has 11 heteroatoms. The van der Waals surface area contributed by atoms with E-state index in [1.165, 1.54) is 36.3 Å². The molecule has 2 saturated heterocycles. The molecule has 2 heterocycles. The minimum Gasteiger partial charge on any atom is -0.493 e. The van der Waals surface area contributed by atoms with Gasteiger partial charge >= 0.3 is 6.18 Å². The molecule has 1 unspecified atom stereocenters. The summed E-state index contributed by atoms with van der Waals surface area (Å²) >= 11 is 0. The Morgan fingerprint density at radius 1 is 0.930 bits per heavy atom. The van der Waals surface area contributed by atoms with Crippen molar-refractivity contribution < 1.29 is 41.7 Å². The number of halogens is 3. The predicted molar refractivity (Wildman–Crippen MR) is 154 cm³/mol. The van der Waals surface area contributed by atoms with Gasteiger partial charge in [0, 0.05) is 71.4 Å². The van der Waals surface area contributed by atoms with E-state index in [1.54, 1.807) is 13.2 Å². The van der Waals surface area contributed by atoms with E-state index in [9.17, 15) is 22.8 Å². The molecule has 2 aliphatic rings. The Morgan fingerprint density at radius 2 is 1.56 bits per heavy atom. The number of amides is 2. The maximum atomic E-state index is 15.0. The SMILES string of the molecule is COCCCOc1ccccc1C1CNC(=O)CC12CCN(C(=O)[C@](OCCCOC)(c1ccccc1)C(F)(F)F)CC2. The standard InChI is InChI=1S/C32H41F3N2O6/c1-40-18-8-20-42-27-13-7-6-12-25(27)26-23-36-28(38)22-30(26)14-16-37(17-15-30)29(39)31(32(33,34)35,43-21-9-19-41-2)24-10-4-3-5-11-24/h3-7,10-13,26H,8-9,14-23H2,1-2H3,(H,36,38)/t26?,31-/m1/s1. The van der Waals surface area contributed by atoms with Gasteiger partial charge in [-0.05, 0) is 36.3 Å². The van der Waals surface area contributed by atoms with Crippen molar-refractivity contribution in [2.45, 2.75) is 49.8 Å². The number of carbonyl (C=O) groups is 2. The first-order valence-corrected chi connectivity index (χ1v) is 14.7. The van der Waals surface area contributed by atoms with Crippen LogP contribution in [0.5, 0.6) is 5.75 Å². The average molecular weight is 607 g/mol. The van der Waals surface area contributed by atoms with Crippen molar-refractivity contribution >= 4 is 11.8 Å². The van der Waals surface area contributed by atoms with Gasteiger partial charge in [-0.3, -0.25) is 9.59 Å².